The lowest BCUT2D eigenvalue weighted by Crippen LogP contribution is -2.27. The standard InChI is InChI=1S/C15H21N3OS/c1-17(10-11-19-2)8-9-18-14(12-16-15(18)20)13-6-4-3-5-7-13/h3-7,12H,8-11H2,1-2H3,(H,16,20). The number of benzene rings is 1. The molecule has 20 heavy (non-hydrogen) atoms. The second kappa shape index (κ2) is 7.38. The largest absolute Gasteiger partial charge is 0.383 e. The average Bonchev–Trinajstić information content (AvgIpc) is 2.85. The number of nitrogens with zero attached hydrogens (tertiary/aromatic N) is 2. The fourth-order valence-electron chi connectivity index (χ4n) is 2.10. The van der Waals surface area contributed by atoms with E-state index in [0.29, 0.717) is 0 Å². The van der Waals surface area contributed by atoms with E-state index in [9.17, 15) is 0 Å². The zero-order valence-corrected chi connectivity index (χ0v) is 12.8. The van der Waals surface area contributed by atoms with Crippen LogP contribution in [0.5, 0.6) is 0 Å². The van der Waals surface area contributed by atoms with Crippen molar-refractivity contribution < 1.29 is 4.74 Å². The van der Waals surface area contributed by atoms with E-state index in [1.807, 2.05) is 24.4 Å². The Kier molecular flexibility index (Phi) is 5.52. The fourth-order valence-corrected chi connectivity index (χ4v) is 2.34. The molecule has 5 heteroatoms. The van der Waals surface area contributed by atoms with E-state index in [1.54, 1.807) is 7.11 Å². The molecular formula is C15H21N3OS. The predicted octanol–water partition coefficient (Wildman–Crippen LogP) is 2.79. The summed E-state index contributed by atoms with van der Waals surface area (Å²) in [5.74, 6) is 0. The van der Waals surface area contributed by atoms with Crippen molar-refractivity contribution >= 4 is 12.2 Å². The van der Waals surface area contributed by atoms with E-state index >= 15 is 0 Å². The van der Waals surface area contributed by atoms with Crippen LogP contribution in [0, 0.1) is 4.77 Å². The van der Waals surface area contributed by atoms with Gasteiger partial charge >= 0.3 is 0 Å². The molecule has 0 amide bonds. The van der Waals surface area contributed by atoms with Crippen LogP contribution in [0.15, 0.2) is 36.5 Å². The minimum absolute atomic E-state index is 0.751. The van der Waals surface area contributed by atoms with Crippen LogP contribution in [0.2, 0.25) is 0 Å². The Hall–Kier alpha value is -1.43. The topological polar surface area (TPSA) is 33.2 Å². The summed E-state index contributed by atoms with van der Waals surface area (Å²) in [5.41, 5.74) is 2.31. The summed E-state index contributed by atoms with van der Waals surface area (Å²) in [6.07, 6.45) is 1.98. The average molecular weight is 291 g/mol. The first-order valence-electron chi connectivity index (χ1n) is 6.73. The van der Waals surface area contributed by atoms with Crippen molar-refractivity contribution in [2.75, 3.05) is 33.9 Å². The van der Waals surface area contributed by atoms with Crippen LogP contribution in [0.4, 0.5) is 0 Å². The smallest absolute Gasteiger partial charge is 0.177 e. The molecule has 1 aromatic heterocycles. The predicted molar refractivity (Wildman–Crippen MR) is 84.4 cm³/mol. The summed E-state index contributed by atoms with van der Waals surface area (Å²) in [6.45, 7) is 3.48. The zero-order valence-electron chi connectivity index (χ0n) is 12.0. The summed E-state index contributed by atoms with van der Waals surface area (Å²) in [4.78, 5) is 5.38. The molecule has 0 saturated carbocycles. The molecule has 0 aliphatic carbocycles. The number of rotatable bonds is 7. The molecule has 0 fully saturated rings. The van der Waals surface area contributed by atoms with Gasteiger partial charge < -0.3 is 19.2 Å². The molecule has 0 aliphatic heterocycles. The third kappa shape index (κ3) is 3.79. The number of aromatic nitrogens is 2. The maximum absolute atomic E-state index is 5.38. The van der Waals surface area contributed by atoms with Crippen LogP contribution in [-0.4, -0.2) is 48.3 Å². The second-order valence-corrected chi connectivity index (χ2v) is 5.18. The molecule has 0 unspecified atom stereocenters. The minimum atomic E-state index is 0.751. The molecule has 0 spiro atoms. The van der Waals surface area contributed by atoms with Gasteiger partial charge in [0.25, 0.3) is 0 Å². The SMILES string of the molecule is COCCN(C)CCn1c(-c2ccccc2)c[nH]c1=S. The number of nitrogens with one attached hydrogen (secondary N) is 1. The first-order chi connectivity index (χ1) is 9.72. The normalized spacial score (nSPS) is 11.2. The van der Waals surface area contributed by atoms with Crippen molar-refractivity contribution in [2.24, 2.45) is 0 Å². The van der Waals surface area contributed by atoms with E-state index in [4.69, 9.17) is 17.0 Å². The maximum Gasteiger partial charge on any atom is 0.177 e. The molecule has 1 aromatic carbocycles. The summed E-state index contributed by atoms with van der Waals surface area (Å²) in [5, 5.41) is 0. The number of likely N-dealkylation sites (N-methyl/N-ethyl adjacent to an activating group) is 1. The molecule has 0 atom stereocenters. The van der Waals surface area contributed by atoms with Gasteiger partial charge in [0, 0.05) is 32.9 Å². The van der Waals surface area contributed by atoms with E-state index in [0.717, 1.165) is 36.7 Å². The number of H-pyrrole nitrogens is 1. The van der Waals surface area contributed by atoms with Gasteiger partial charge in [-0.2, -0.15) is 0 Å². The van der Waals surface area contributed by atoms with E-state index in [-0.39, 0.29) is 0 Å². The Morgan fingerprint density at radius 2 is 2.00 bits per heavy atom. The minimum Gasteiger partial charge on any atom is -0.383 e. The number of hydrogen-bond donors (Lipinski definition) is 1. The number of imidazole rings is 1. The summed E-state index contributed by atoms with van der Waals surface area (Å²) in [6, 6.07) is 10.3. The van der Waals surface area contributed by atoms with Gasteiger partial charge in [-0.15, -0.1) is 0 Å². The lowest BCUT2D eigenvalue weighted by molar-refractivity contribution is 0.159. The molecule has 4 nitrogen and oxygen atoms in total. The molecule has 0 radical (unpaired) electrons. The van der Waals surface area contributed by atoms with Crippen LogP contribution in [0.3, 0.4) is 0 Å². The molecule has 2 rings (SSSR count). The van der Waals surface area contributed by atoms with Gasteiger partial charge in [-0.05, 0) is 24.8 Å². The van der Waals surface area contributed by atoms with Crippen LogP contribution in [0.1, 0.15) is 0 Å². The van der Waals surface area contributed by atoms with Crippen molar-refractivity contribution in [1.29, 1.82) is 0 Å². The Labute approximate surface area is 125 Å². The van der Waals surface area contributed by atoms with E-state index in [2.05, 4.69) is 33.6 Å². The van der Waals surface area contributed by atoms with Crippen molar-refractivity contribution in [2.45, 2.75) is 6.54 Å². The van der Waals surface area contributed by atoms with Crippen LogP contribution in [-0.2, 0) is 11.3 Å². The van der Waals surface area contributed by atoms with Crippen molar-refractivity contribution in [3.05, 3.63) is 41.3 Å². The zero-order chi connectivity index (χ0) is 14.4. The van der Waals surface area contributed by atoms with Gasteiger partial charge in [0.05, 0.1) is 12.3 Å². The Morgan fingerprint density at radius 1 is 1.25 bits per heavy atom. The van der Waals surface area contributed by atoms with Gasteiger partial charge in [0.2, 0.25) is 0 Å². The van der Waals surface area contributed by atoms with Gasteiger partial charge in [0.15, 0.2) is 4.77 Å². The van der Waals surface area contributed by atoms with Crippen LogP contribution < -0.4 is 0 Å². The first-order valence-corrected chi connectivity index (χ1v) is 7.14. The van der Waals surface area contributed by atoms with Crippen molar-refractivity contribution in [3.63, 3.8) is 0 Å². The van der Waals surface area contributed by atoms with E-state index < -0.39 is 0 Å². The first kappa shape index (κ1) is 15.0. The molecule has 1 heterocycles. The number of aromatic amines is 1. The highest BCUT2D eigenvalue weighted by Crippen LogP contribution is 2.19. The fraction of sp³-hybridized carbons (Fsp3) is 0.400. The molecule has 0 bridgehead atoms. The molecule has 1 N–H and O–H groups in total. The molecule has 2 aromatic rings. The number of methoxy groups -OCH3 is 1. The van der Waals surface area contributed by atoms with Gasteiger partial charge in [-0.3, -0.25) is 0 Å². The van der Waals surface area contributed by atoms with Gasteiger partial charge in [-0.1, -0.05) is 30.3 Å². The van der Waals surface area contributed by atoms with E-state index in [1.165, 1.54) is 5.56 Å². The molecule has 108 valence electrons. The monoisotopic (exact) mass is 291 g/mol. The van der Waals surface area contributed by atoms with Gasteiger partial charge in [-0.25, -0.2) is 0 Å². The number of ether oxygens (including phenoxy) is 1. The molecule has 0 aliphatic rings. The lowest BCUT2D eigenvalue weighted by atomic mass is 10.2. The molecule has 0 saturated heterocycles. The Bertz CT molecular complexity index is 576. The maximum atomic E-state index is 5.38. The Morgan fingerprint density at radius 3 is 2.70 bits per heavy atom. The summed E-state index contributed by atoms with van der Waals surface area (Å²) < 4.78 is 8.01. The summed E-state index contributed by atoms with van der Waals surface area (Å²) in [7, 11) is 3.82. The third-order valence-corrected chi connectivity index (χ3v) is 3.66. The second-order valence-electron chi connectivity index (χ2n) is 4.79. The lowest BCUT2D eigenvalue weighted by Gasteiger charge is -2.17. The third-order valence-electron chi connectivity index (χ3n) is 3.32. The van der Waals surface area contributed by atoms with Crippen molar-refractivity contribution in [1.82, 2.24) is 14.5 Å². The quantitative estimate of drug-likeness (QED) is 0.796. The van der Waals surface area contributed by atoms with Crippen LogP contribution >= 0.6 is 12.2 Å². The summed E-state index contributed by atoms with van der Waals surface area (Å²) >= 11 is 5.38. The number of hydrogen-bond acceptors (Lipinski definition) is 3. The highest BCUT2D eigenvalue weighted by Gasteiger charge is 2.07. The van der Waals surface area contributed by atoms with Crippen molar-refractivity contribution in [3.8, 4) is 11.3 Å². The van der Waals surface area contributed by atoms with Gasteiger partial charge in [0.1, 0.15) is 0 Å². The Balaban J connectivity index is 2.09. The highest BCUT2D eigenvalue weighted by atomic mass is 32.1. The van der Waals surface area contributed by atoms with Crippen LogP contribution in [0.25, 0.3) is 11.3 Å². The molecular weight excluding hydrogens is 270 g/mol. The highest BCUT2D eigenvalue weighted by molar-refractivity contribution is 7.71.